The van der Waals surface area contributed by atoms with Crippen molar-refractivity contribution in [2.24, 2.45) is 0 Å². The van der Waals surface area contributed by atoms with Crippen molar-refractivity contribution in [1.29, 1.82) is 0 Å². The number of hydrogen-bond donors (Lipinski definition) is 1. The highest BCUT2D eigenvalue weighted by atomic mass is 16.3. The van der Waals surface area contributed by atoms with Crippen molar-refractivity contribution in [2.45, 2.75) is 6.54 Å². The van der Waals surface area contributed by atoms with E-state index in [4.69, 9.17) is 4.42 Å². The number of rotatable bonds is 3. The fourth-order valence-corrected chi connectivity index (χ4v) is 0.970. The maximum atomic E-state index is 5.14. The Kier molecular flexibility index (Phi) is 2.22. The van der Waals surface area contributed by atoms with Crippen molar-refractivity contribution in [3.63, 3.8) is 0 Å². The molecule has 2 aromatic rings. The molecule has 0 aliphatic carbocycles. The third-order valence-electron chi connectivity index (χ3n) is 1.57. The minimum atomic E-state index is 0.608. The second-order valence-corrected chi connectivity index (χ2v) is 2.51. The van der Waals surface area contributed by atoms with E-state index in [2.05, 4.69) is 15.3 Å². The quantitative estimate of drug-likeness (QED) is 0.771. The highest BCUT2D eigenvalue weighted by molar-refractivity contribution is 5.23. The fraction of sp³-hybridized carbons (Fsp3) is 0.111. The molecule has 0 radical (unpaired) electrons. The lowest BCUT2D eigenvalue weighted by molar-refractivity contribution is 0.517. The molecule has 0 saturated heterocycles. The van der Waals surface area contributed by atoms with Crippen molar-refractivity contribution in [3.8, 4) is 0 Å². The summed E-state index contributed by atoms with van der Waals surface area (Å²) >= 11 is 0. The lowest BCUT2D eigenvalue weighted by atomic mass is 10.4. The number of furan rings is 1. The van der Waals surface area contributed by atoms with E-state index in [1.54, 1.807) is 24.7 Å². The standard InChI is InChI=1S/C9H9N3O/c1-3-8(13-6-1)7-12-9-10-4-2-5-11-9/h1-6H,7H2,(H,10,11,12). The molecule has 66 valence electrons. The van der Waals surface area contributed by atoms with Gasteiger partial charge in [-0.1, -0.05) is 0 Å². The molecule has 4 heteroatoms. The first-order valence-electron chi connectivity index (χ1n) is 3.98. The molecule has 13 heavy (non-hydrogen) atoms. The monoisotopic (exact) mass is 175 g/mol. The summed E-state index contributed by atoms with van der Waals surface area (Å²) in [6.07, 6.45) is 5.03. The van der Waals surface area contributed by atoms with Gasteiger partial charge in [-0.05, 0) is 18.2 Å². The number of nitrogens with zero attached hydrogens (tertiary/aromatic N) is 2. The van der Waals surface area contributed by atoms with E-state index in [1.807, 2.05) is 12.1 Å². The molecule has 0 saturated carbocycles. The molecule has 0 aromatic carbocycles. The van der Waals surface area contributed by atoms with E-state index in [1.165, 1.54) is 0 Å². The number of anilines is 1. The van der Waals surface area contributed by atoms with Crippen LogP contribution < -0.4 is 5.32 Å². The van der Waals surface area contributed by atoms with Gasteiger partial charge in [0.05, 0.1) is 12.8 Å². The summed E-state index contributed by atoms with van der Waals surface area (Å²) < 4.78 is 5.14. The van der Waals surface area contributed by atoms with Gasteiger partial charge in [0, 0.05) is 12.4 Å². The summed E-state index contributed by atoms with van der Waals surface area (Å²) in [5, 5.41) is 3.03. The van der Waals surface area contributed by atoms with Crippen molar-refractivity contribution in [3.05, 3.63) is 42.6 Å². The van der Waals surface area contributed by atoms with Crippen LogP contribution in [-0.4, -0.2) is 9.97 Å². The molecule has 0 fully saturated rings. The summed E-state index contributed by atoms with van der Waals surface area (Å²) in [6, 6.07) is 5.52. The summed E-state index contributed by atoms with van der Waals surface area (Å²) in [4.78, 5) is 8.03. The molecule has 2 aromatic heterocycles. The van der Waals surface area contributed by atoms with E-state index in [0.717, 1.165) is 5.76 Å². The normalized spacial score (nSPS) is 9.85. The van der Waals surface area contributed by atoms with Crippen LogP contribution in [0.2, 0.25) is 0 Å². The van der Waals surface area contributed by atoms with Crippen LogP contribution in [0.1, 0.15) is 5.76 Å². The molecule has 4 nitrogen and oxygen atoms in total. The van der Waals surface area contributed by atoms with Crippen molar-refractivity contribution in [2.75, 3.05) is 5.32 Å². The molecule has 0 spiro atoms. The zero-order valence-electron chi connectivity index (χ0n) is 6.97. The molecule has 2 rings (SSSR count). The Morgan fingerprint density at radius 2 is 2.08 bits per heavy atom. The summed E-state index contributed by atoms with van der Waals surface area (Å²) in [5.74, 6) is 1.48. The highest BCUT2D eigenvalue weighted by Crippen LogP contribution is 2.02. The molecule has 1 N–H and O–H groups in total. The number of nitrogens with one attached hydrogen (secondary N) is 1. The van der Waals surface area contributed by atoms with Crippen LogP contribution in [0.4, 0.5) is 5.95 Å². The molecular formula is C9H9N3O. The first kappa shape index (κ1) is 7.79. The Morgan fingerprint density at radius 1 is 1.23 bits per heavy atom. The average Bonchev–Trinajstić information content (AvgIpc) is 2.69. The van der Waals surface area contributed by atoms with E-state index in [-0.39, 0.29) is 0 Å². The van der Waals surface area contributed by atoms with Gasteiger partial charge in [-0.3, -0.25) is 0 Å². The molecule has 0 unspecified atom stereocenters. The van der Waals surface area contributed by atoms with Crippen molar-refractivity contribution < 1.29 is 4.42 Å². The smallest absolute Gasteiger partial charge is 0.222 e. The molecular weight excluding hydrogens is 166 g/mol. The molecule has 0 aliphatic heterocycles. The number of hydrogen-bond acceptors (Lipinski definition) is 4. The largest absolute Gasteiger partial charge is 0.467 e. The van der Waals surface area contributed by atoms with Crippen LogP contribution in [-0.2, 0) is 6.54 Å². The molecule has 0 aliphatic rings. The topological polar surface area (TPSA) is 51.0 Å². The van der Waals surface area contributed by atoms with E-state index in [0.29, 0.717) is 12.5 Å². The van der Waals surface area contributed by atoms with E-state index < -0.39 is 0 Å². The van der Waals surface area contributed by atoms with Gasteiger partial charge in [0.25, 0.3) is 0 Å². The first-order chi connectivity index (χ1) is 6.45. The van der Waals surface area contributed by atoms with E-state index >= 15 is 0 Å². The lowest BCUT2D eigenvalue weighted by Crippen LogP contribution is -2.01. The lowest BCUT2D eigenvalue weighted by Gasteiger charge is -1.99. The zero-order valence-corrected chi connectivity index (χ0v) is 6.97. The Hall–Kier alpha value is -1.84. The Bertz CT molecular complexity index is 344. The maximum absolute atomic E-state index is 5.14. The summed E-state index contributed by atoms with van der Waals surface area (Å²) in [7, 11) is 0. The van der Waals surface area contributed by atoms with Crippen LogP contribution in [0.5, 0.6) is 0 Å². The van der Waals surface area contributed by atoms with Crippen molar-refractivity contribution in [1.82, 2.24) is 9.97 Å². The summed E-state index contributed by atoms with van der Waals surface area (Å²) in [6.45, 7) is 0.608. The second kappa shape index (κ2) is 3.71. The average molecular weight is 175 g/mol. The first-order valence-corrected chi connectivity index (χ1v) is 3.98. The third-order valence-corrected chi connectivity index (χ3v) is 1.57. The van der Waals surface area contributed by atoms with Gasteiger partial charge in [-0.2, -0.15) is 0 Å². The minimum absolute atomic E-state index is 0.608. The Balaban J connectivity index is 1.94. The van der Waals surface area contributed by atoms with Gasteiger partial charge < -0.3 is 9.73 Å². The second-order valence-electron chi connectivity index (χ2n) is 2.51. The maximum Gasteiger partial charge on any atom is 0.222 e. The zero-order chi connectivity index (χ0) is 8.93. The molecule has 0 bridgehead atoms. The highest BCUT2D eigenvalue weighted by Gasteiger charge is 1.95. The van der Waals surface area contributed by atoms with Crippen LogP contribution >= 0.6 is 0 Å². The van der Waals surface area contributed by atoms with Gasteiger partial charge in [0.15, 0.2) is 0 Å². The van der Waals surface area contributed by atoms with Gasteiger partial charge in [-0.25, -0.2) is 9.97 Å². The van der Waals surface area contributed by atoms with Gasteiger partial charge in [0.1, 0.15) is 5.76 Å². The van der Waals surface area contributed by atoms with Crippen molar-refractivity contribution >= 4 is 5.95 Å². The predicted octanol–water partition coefficient (Wildman–Crippen LogP) is 1.68. The van der Waals surface area contributed by atoms with Crippen LogP contribution in [0.3, 0.4) is 0 Å². The van der Waals surface area contributed by atoms with Crippen LogP contribution in [0.25, 0.3) is 0 Å². The predicted molar refractivity (Wildman–Crippen MR) is 48.1 cm³/mol. The Labute approximate surface area is 75.6 Å². The van der Waals surface area contributed by atoms with Gasteiger partial charge in [-0.15, -0.1) is 0 Å². The molecule has 0 atom stereocenters. The van der Waals surface area contributed by atoms with Gasteiger partial charge in [0.2, 0.25) is 5.95 Å². The fourth-order valence-electron chi connectivity index (χ4n) is 0.970. The summed E-state index contributed by atoms with van der Waals surface area (Å²) in [5.41, 5.74) is 0. The van der Waals surface area contributed by atoms with E-state index in [9.17, 15) is 0 Å². The number of aromatic nitrogens is 2. The molecule has 0 amide bonds. The minimum Gasteiger partial charge on any atom is -0.467 e. The Morgan fingerprint density at radius 3 is 2.77 bits per heavy atom. The molecule has 2 heterocycles. The SMILES string of the molecule is c1cnc(NCc2ccco2)nc1. The third kappa shape index (κ3) is 2.05. The van der Waals surface area contributed by atoms with Crippen LogP contribution in [0.15, 0.2) is 41.3 Å². The van der Waals surface area contributed by atoms with Crippen LogP contribution in [0, 0.1) is 0 Å². The van der Waals surface area contributed by atoms with Gasteiger partial charge >= 0.3 is 0 Å².